The van der Waals surface area contributed by atoms with Crippen LogP contribution in [0, 0.1) is 5.82 Å². The molecule has 1 atom stereocenters. The van der Waals surface area contributed by atoms with Crippen LogP contribution in [-0.2, 0) is 24.4 Å². The molecular formula is C22H24FNO3. The Morgan fingerprint density at radius 2 is 1.78 bits per heavy atom. The maximum absolute atomic E-state index is 13.5. The van der Waals surface area contributed by atoms with Crippen molar-refractivity contribution >= 4 is 0 Å². The summed E-state index contributed by atoms with van der Waals surface area (Å²) >= 11 is 0. The van der Waals surface area contributed by atoms with Gasteiger partial charge in [0.05, 0.1) is 32.1 Å². The lowest BCUT2D eigenvalue weighted by molar-refractivity contribution is 0.00612. The molecule has 4 nitrogen and oxygen atoms in total. The average molecular weight is 369 g/mol. The Hall–Kier alpha value is -2.47. The van der Waals surface area contributed by atoms with Gasteiger partial charge in [0, 0.05) is 13.1 Å². The minimum absolute atomic E-state index is 0.229. The SMILES string of the molecule is O[C@@H](COCc1ccccc1)CN(Cc1cccc(F)c1)Cc1ccco1. The van der Waals surface area contributed by atoms with Crippen LogP contribution < -0.4 is 0 Å². The van der Waals surface area contributed by atoms with Crippen molar-refractivity contribution in [3.63, 3.8) is 0 Å². The highest BCUT2D eigenvalue weighted by molar-refractivity contribution is 5.16. The van der Waals surface area contributed by atoms with Gasteiger partial charge in [-0.25, -0.2) is 4.39 Å². The largest absolute Gasteiger partial charge is 0.468 e. The van der Waals surface area contributed by atoms with Gasteiger partial charge in [-0.05, 0) is 35.4 Å². The summed E-state index contributed by atoms with van der Waals surface area (Å²) in [5.41, 5.74) is 1.91. The number of benzene rings is 2. The summed E-state index contributed by atoms with van der Waals surface area (Å²) in [6.45, 7) is 2.12. The molecule has 1 heterocycles. The molecule has 0 radical (unpaired) electrons. The number of rotatable bonds is 10. The van der Waals surface area contributed by atoms with Gasteiger partial charge in [-0.1, -0.05) is 42.5 Å². The van der Waals surface area contributed by atoms with Crippen molar-refractivity contribution in [1.82, 2.24) is 4.90 Å². The number of nitrogens with zero attached hydrogens (tertiary/aromatic N) is 1. The Kier molecular flexibility index (Phi) is 7.16. The van der Waals surface area contributed by atoms with E-state index in [0.29, 0.717) is 26.2 Å². The fourth-order valence-corrected chi connectivity index (χ4v) is 2.94. The van der Waals surface area contributed by atoms with Crippen LogP contribution in [0.3, 0.4) is 0 Å². The Bertz CT molecular complexity index is 792. The first-order valence-corrected chi connectivity index (χ1v) is 8.98. The summed E-state index contributed by atoms with van der Waals surface area (Å²) in [6.07, 6.45) is 0.965. The smallest absolute Gasteiger partial charge is 0.123 e. The quantitative estimate of drug-likeness (QED) is 0.587. The first-order valence-electron chi connectivity index (χ1n) is 8.98. The Morgan fingerprint density at radius 1 is 0.963 bits per heavy atom. The predicted molar refractivity (Wildman–Crippen MR) is 101 cm³/mol. The van der Waals surface area contributed by atoms with E-state index in [1.165, 1.54) is 12.1 Å². The molecule has 0 aliphatic heterocycles. The van der Waals surface area contributed by atoms with Crippen LogP contribution in [-0.4, -0.2) is 29.3 Å². The molecule has 2 aromatic carbocycles. The number of hydrogen-bond acceptors (Lipinski definition) is 4. The number of ether oxygens (including phenoxy) is 1. The highest BCUT2D eigenvalue weighted by atomic mass is 19.1. The van der Waals surface area contributed by atoms with Gasteiger partial charge < -0.3 is 14.3 Å². The van der Waals surface area contributed by atoms with Crippen molar-refractivity contribution in [1.29, 1.82) is 0 Å². The van der Waals surface area contributed by atoms with Crippen LogP contribution in [0.25, 0.3) is 0 Å². The van der Waals surface area contributed by atoms with E-state index in [4.69, 9.17) is 9.15 Å². The maximum Gasteiger partial charge on any atom is 0.123 e. The molecule has 142 valence electrons. The van der Waals surface area contributed by atoms with Gasteiger partial charge >= 0.3 is 0 Å². The van der Waals surface area contributed by atoms with Gasteiger partial charge in [0.2, 0.25) is 0 Å². The zero-order valence-corrected chi connectivity index (χ0v) is 15.1. The molecule has 0 bridgehead atoms. The van der Waals surface area contributed by atoms with Gasteiger partial charge in [0.25, 0.3) is 0 Å². The fraction of sp³-hybridized carbons (Fsp3) is 0.273. The number of furan rings is 1. The van der Waals surface area contributed by atoms with E-state index in [9.17, 15) is 9.50 Å². The van der Waals surface area contributed by atoms with E-state index in [2.05, 4.69) is 0 Å². The highest BCUT2D eigenvalue weighted by Gasteiger charge is 2.15. The summed E-state index contributed by atoms with van der Waals surface area (Å²) in [5, 5.41) is 10.4. The summed E-state index contributed by atoms with van der Waals surface area (Å²) in [5.74, 6) is 0.529. The molecule has 0 unspecified atom stereocenters. The van der Waals surface area contributed by atoms with Crippen molar-refractivity contribution in [3.8, 4) is 0 Å². The number of halogens is 1. The average Bonchev–Trinajstić information content (AvgIpc) is 3.15. The van der Waals surface area contributed by atoms with Crippen LogP contribution in [0.15, 0.2) is 77.4 Å². The molecule has 0 fully saturated rings. The van der Waals surface area contributed by atoms with Crippen molar-refractivity contribution in [2.24, 2.45) is 0 Å². The number of aliphatic hydroxyl groups is 1. The molecule has 27 heavy (non-hydrogen) atoms. The first kappa shape index (κ1) is 19.3. The van der Waals surface area contributed by atoms with Gasteiger partial charge in [0.15, 0.2) is 0 Å². The van der Waals surface area contributed by atoms with Crippen molar-refractivity contribution in [2.45, 2.75) is 25.8 Å². The normalized spacial score (nSPS) is 12.4. The molecular weight excluding hydrogens is 345 g/mol. The second kappa shape index (κ2) is 10.0. The van der Waals surface area contributed by atoms with Gasteiger partial charge in [-0.2, -0.15) is 0 Å². The molecule has 3 rings (SSSR count). The predicted octanol–water partition coefficient (Wildman–Crippen LogP) is 4.00. The lowest BCUT2D eigenvalue weighted by Crippen LogP contribution is -2.34. The summed E-state index contributed by atoms with van der Waals surface area (Å²) in [7, 11) is 0. The molecule has 0 saturated heterocycles. The molecule has 1 aromatic heterocycles. The van der Waals surface area contributed by atoms with E-state index in [-0.39, 0.29) is 12.4 Å². The van der Waals surface area contributed by atoms with Gasteiger partial charge in [-0.3, -0.25) is 4.90 Å². The third-order valence-corrected chi connectivity index (χ3v) is 4.15. The number of hydrogen-bond donors (Lipinski definition) is 1. The Labute approximate surface area is 158 Å². The lowest BCUT2D eigenvalue weighted by Gasteiger charge is -2.24. The molecule has 0 aliphatic rings. The van der Waals surface area contributed by atoms with Crippen LogP contribution in [0.5, 0.6) is 0 Å². The lowest BCUT2D eigenvalue weighted by atomic mass is 10.2. The van der Waals surface area contributed by atoms with E-state index < -0.39 is 6.10 Å². The first-order chi connectivity index (χ1) is 13.2. The van der Waals surface area contributed by atoms with Gasteiger partial charge in [0.1, 0.15) is 11.6 Å². The van der Waals surface area contributed by atoms with Crippen molar-refractivity contribution in [2.75, 3.05) is 13.2 Å². The van der Waals surface area contributed by atoms with Crippen LogP contribution >= 0.6 is 0 Å². The third kappa shape index (κ3) is 6.64. The molecule has 0 amide bonds. The van der Waals surface area contributed by atoms with Crippen molar-refractivity contribution in [3.05, 3.63) is 95.7 Å². The Morgan fingerprint density at radius 3 is 2.52 bits per heavy atom. The van der Waals surface area contributed by atoms with Crippen molar-refractivity contribution < 1.29 is 18.7 Å². The molecule has 0 spiro atoms. The molecule has 5 heteroatoms. The molecule has 0 aliphatic carbocycles. The summed E-state index contributed by atoms with van der Waals surface area (Å²) < 4.78 is 24.5. The number of aliphatic hydroxyl groups excluding tert-OH is 1. The van der Waals surface area contributed by atoms with E-state index in [1.807, 2.05) is 53.4 Å². The monoisotopic (exact) mass is 369 g/mol. The zero-order chi connectivity index (χ0) is 18.9. The second-order valence-electron chi connectivity index (χ2n) is 6.53. The van der Waals surface area contributed by atoms with E-state index in [1.54, 1.807) is 12.3 Å². The van der Waals surface area contributed by atoms with E-state index >= 15 is 0 Å². The third-order valence-electron chi connectivity index (χ3n) is 4.15. The second-order valence-corrected chi connectivity index (χ2v) is 6.53. The van der Waals surface area contributed by atoms with Crippen LogP contribution in [0.2, 0.25) is 0 Å². The van der Waals surface area contributed by atoms with Gasteiger partial charge in [-0.15, -0.1) is 0 Å². The minimum atomic E-state index is -0.655. The Balaban J connectivity index is 1.54. The maximum atomic E-state index is 13.5. The fourth-order valence-electron chi connectivity index (χ4n) is 2.94. The molecule has 3 aromatic rings. The molecule has 0 saturated carbocycles. The topological polar surface area (TPSA) is 45.8 Å². The summed E-state index contributed by atoms with van der Waals surface area (Å²) in [4.78, 5) is 2.02. The summed E-state index contributed by atoms with van der Waals surface area (Å²) in [6, 6.07) is 20.0. The standard InChI is InChI=1S/C22H24FNO3/c23-20-9-4-8-19(12-20)13-24(15-22-10-5-11-27-22)14-21(25)17-26-16-18-6-2-1-3-7-18/h1-12,21,25H,13-17H2/t21-/m1/s1. The van der Waals surface area contributed by atoms with Crippen LogP contribution in [0.1, 0.15) is 16.9 Å². The highest BCUT2D eigenvalue weighted by Crippen LogP contribution is 2.13. The minimum Gasteiger partial charge on any atom is -0.468 e. The van der Waals surface area contributed by atoms with E-state index in [0.717, 1.165) is 16.9 Å². The molecule has 1 N–H and O–H groups in total. The zero-order valence-electron chi connectivity index (χ0n) is 15.1. The van der Waals surface area contributed by atoms with Crippen LogP contribution in [0.4, 0.5) is 4.39 Å².